The van der Waals surface area contributed by atoms with Crippen molar-refractivity contribution in [3.8, 4) is 12.3 Å². The fraction of sp³-hybridized carbons (Fsp3) is 0.310. The number of hydrogen-bond donors (Lipinski definition) is 1. The van der Waals surface area contributed by atoms with Crippen LogP contribution >= 0.6 is 0 Å². The summed E-state index contributed by atoms with van der Waals surface area (Å²) in [6, 6.07) is 29.6. The molecule has 1 aliphatic rings. The second kappa shape index (κ2) is 12.5. The molecule has 1 saturated heterocycles. The lowest BCUT2D eigenvalue weighted by atomic mass is 9.94. The number of benzene rings is 3. The molecule has 1 heterocycles. The van der Waals surface area contributed by atoms with Gasteiger partial charge in [0.25, 0.3) is 0 Å². The number of hydrogen-bond acceptors (Lipinski definition) is 5. The van der Waals surface area contributed by atoms with Crippen molar-refractivity contribution < 1.29 is 24.1 Å². The SMILES string of the molecule is C#C[C@H]1OC(CO)[C@H](OCc2ccccc2)[C@@H](OCc2ccccc2)C1OCc1ccccc1. The van der Waals surface area contributed by atoms with Gasteiger partial charge < -0.3 is 24.1 Å². The Kier molecular flexibility index (Phi) is 8.86. The van der Waals surface area contributed by atoms with Gasteiger partial charge in [0.2, 0.25) is 0 Å². The van der Waals surface area contributed by atoms with E-state index in [9.17, 15) is 5.11 Å². The third-order valence-corrected chi connectivity index (χ3v) is 5.83. The quantitative estimate of drug-likeness (QED) is 0.463. The molecule has 0 amide bonds. The Morgan fingerprint density at radius 3 is 1.47 bits per heavy atom. The normalized spacial score (nSPS) is 24.4. The molecule has 176 valence electrons. The van der Waals surface area contributed by atoms with E-state index >= 15 is 0 Å². The molecule has 3 aromatic carbocycles. The highest BCUT2D eigenvalue weighted by Gasteiger charge is 2.47. The Bertz CT molecular complexity index is 1020. The van der Waals surface area contributed by atoms with E-state index in [1.807, 2.05) is 91.0 Å². The van der Waals surface area contributed by atoms with Crippen molar-refractivity contribution >= 4 is 0 Å². The molecule has 0 spiro atoms. The zero-order valence-corrected chi connectivity index (χ0v) is 19.0. The maximum atomic E-state index is 10.1. The van der Waals surface area contributed by atoms with E-state index in [1.54, 1.807) is 0 Å². The Hall–Kier alpha value is -2.98. The lowest BCUT2D eigenvalue weighted by Gasteiger charge is -2.44. The predicted molar refractivity (Wildman–Crippen MR) is 130 cm³/mol. The number of terminal acetylenes is 1. The lowest BCUT2D eigenvalue weighted by molar-refractivity contribution is -0.258. The Morgan fingerprint density at radius 2 is 1.06 bits per heavy atom. The Morgan fingerprint density at radius 1 is 0.647 bits per heavy atom. The molecule has 34 heavy (non-hydrogen) atoms. The van der Waals surface area contributed by atoms with Crippen LogP contribution in [-0.4, -0.2) is 42.2 Å². The van der Waals surface area contributed by atoms with Crippen LogP contribution in [0.15, 0.2) is 91.0 Å². The van der Waals surface area contributed by atoms with E-state index in [2.05, 4.69) is 5.92 Å². The van der Waals surface area contributed by atoms with E-state index in [-0.39, 0.29) is 6.61 Å². The van der Waals surface area contributed by atoms with E-state index in [0.29, 0.717) is 19.8 Å². The summed E-state index contributed by atoms with van der Waals surface area (Å²) in [6.07, 6.45) is 2.82. The smallest absolute Gasteiger partial charge is 0.147 e. The standard InChI is InChI=1S/C29H30O5/c1-2-25-27(31-19-22-12-6-3-7-13-22)29(33-21-24-16-10-5-11-17-24)28(26(18-30)34-25)32-20-23-14-8-4-9-15-23/h1,3-17,25-30H,18-21H2/t25-,26?,27?,28+,29+/m1/s1. The Balaban J connectivity index is 1.57. The summed E-state index contributed by atoms with van der Waals surface area (Å²) in [6.45, 7) is 0.821. The Labute approximate surface area is 201 Å². The molecule has 0 bridgehead atoms. The zero-order chi connectivity index (χ0) is 23.6. The van der Waals surface area contributed by atoms with Crippen molar-refractivity contribution in [3.05, 3.63) is 108 Å². The van der Waals surface area contributed by atoms with Crippen LogP contribution in [-0.2, 0) is 38.8 Å². The van der Waals surface area contributed by atoms with Crippen LogP contribution in [0, 0.1) is 12.3 Å². The van der Waals surface area contributed by atoms with Gasteiger partial charge >= 0.3 is 0 Å². The van der Waals surface area contributed by atoms with Crippen molar-refractivity contribution in [2.75, 3.05) is 6.61 Å². The summed E-state index contributed by atoms with van der Waals surface area (Å²) in [5.41, 5.74) is 3.06. The van der Waals surface area contributed by atoms with E-state index < -0.39 is 30.5 Å². The van der Waals surface area contributed by atoms with Gasteiger partial charge in [-0.15, -0.1) is 6.42 Å². The lowest BCUT2D eigenvalue weighted by Crippen LogP contribution is -2.60. The largest absolute Gasteiger partial charge is 0.394 e. The second-order valence-corrected chi connectivity index (χ2v) is 8.23. The number of aliphatic hydroxyl groups excluding tert-OH is 1. The topological polar surface area (TPSA) is 57.2 Å². The molecule has 4 rings (SSSR count). The summed E-state index contributed by atoms with van der Waals surface area (Å²) in [5, 5.41) is 10.1. The minimum absolute atomic E-state index is 0.242. The molecule has 0 aliphatic carbocycles. The first-order valence-corrected chi connectivity index (χ1v) is 11.5. The van der Waals surface area contributed by atoms with Crippen molar-refractivity contribution in [2.45, 2.75) is 50.3 Å². The number of aliphatic hydroxyl groups is 1. The maximum absolute atomic E-state index is 10.1. The molecule has 1 N–H and O–H groups in total. The van der Waals surface area contributed by atoms with Crippen LogP contribution in [0.5, 0.6) is 0 Å². The van der Waals surface area contributed by atoms with Gasteiger partial charge in [-0.05, 0) is 16.7 Å². The van der Waals surface area contributed by atoms with Gasteiger partial charge in [0.05, 0.1) is 26.4 Å². The highest BCUT2D eigenvalue weighted by atomic mass is 16.6. The van der Waals surface area contributed by atoms with Gasteiger partial charge in [0.1, 0.15) is 30.5 Å². The van der Waals surface area contributed by atoms with E-state index in [4.69, 9.17) is 25.4 Å². The van der Waals surface area contributed by atoms with E-state index in [0.717, 1.165) is 16.7 Å². The number of ether oxygens (including phenoxy) is 4. The van der Waals surface area contributed by atoms with Gasteiger partial charge in [-0.25, -0.2) is 0 Å². The summed E-state index contributed by atoms with van der Waals surface area (Å²) in [5.74, 6) is 2.68. The third-order valence-electron chi connectivity index (χ3n) is 5.83. The molecule has 5 nitrogen and oxygen atoms in total. The van der Waals surface area contributed by atoms with Crippen LogP contribution < -0.4 is 0 Å². The minimum atomic E-state index is -0.682. The van der Waals surface area contributed by atoms with Crippen LogP contribution in [0.1, 0.15) is 16.7 Å². The summed E-state index contributed by atoms with van der Waals surface area (Å²) >= 11 is 0. The number of rotatable bonds is 10. The maximum Gasteiger partial charge on any atom is 0.147 e. The van der Waals surface area contributed by atoms with Crippen LogP contribution in [0.4, 0.5) is 0 Å². The second-order valence-electron chi connectivity index (χ2n) is 8.23. The average Bonchev–Trinajstić information content (AvgIpc) is 2.91. The molecule has 0 saturated carbocycles. The van der Waals surface area contributed by atoms with Gasteiger partial charge in [0.15, 0.2) is 0 Å². The van der Waals surface area contributed by atoms with Gasteiger partial charge in [0, 0.05) is 0 Å². The predicted octanol–water partition coefficient (Wildman–Crippen LogP) is 4.14. The van der Waals surface area contributed by atoms with Crippen LogP contribution in [0.2, 0.25) is 0 Å². The highest BCUT2D eigenvalue weighted by Crippen LogP contribution is 2.30. The molecule has 3 aromatic rings. The van der Waals surface area contributed by atoms with Crippen molar-refractivity contribution in [2.24, 2.45) is 0 Å². The first kappa shape index (κ1) is 24.2. The molecular formula is C29H30O5. The van der Waals surface area contributed by atoms with Crippen molar-refractivity contribution in [1.82, 2.24) is 0 Å². The van der Waals surface area contributed by atoms with Crippen molar-refractivity contribution in [1.29, 1.82) is 0 Å². The molecule has 0 radical (unpaired) electrons. The monoisotopic (exact) mass is 458 g/mol. The van der Waals surface area contributed by atoms with Gasteiger partial charge in [-0.3, -0.25) is 0 Å². The molecule has 2 unspecified atom stereocenters. The highest BCUT2D eigenvalue weighted by molar-refractivity contribution is 5.16. The molecule has 0 aromatic heterocycles. The van der Waals surface area contributed by atoms with Crippen LogP contribution in [0.3, 0.4) is 0 Å². The fourth-order valence-electron chi connectivity index (χ4n) is 4.07. The fourth-order valence-corrected chi connectivity index (χ4v) is 4.07. The van der Waals surface area contributed by atoms with Gasteiger partial charge in [-0.1, -0.05) is 96.9 Å². The van der Waals surface area contributed by atoms with Crippen LogP contribution in [0.25, 0.3) is 0 Å². The molecule has 1 fully saturated rings. The zero-order valence-electron chi connectivity index (χ0n) is 19.0. The minimum Gasteiger partial charge on any atom is -0.394 e. The van der Waals surface area contributed by atoms with Gasteiger partial charge in [-0.2, -0.15) is 0 Å². The summed E-state index contributed by atoms with van der Waals surface area (Å²) in [4.78, 5) is 0. The first-order chi connectivity index (χ1) is 16.8. The van der Waals surface area contributed by atoms with E-state index in [1.165, 1.54) is 0 Å². The molecule has 1 aliphatic heterocycles. The summed E-state index contributed by atoms with van der Waals surface area (Å²) < 4.78 is 25.0. The average molecular weight is 459 g/mol. The molecule has 5 heteroatoms. The summed E-state index contributed by atoms with van der Waals surface area (Å²) in [7, 11) is 0. The van der Waals surface area contributed by atoms with Crippen molar-refractivity contribution in [3.63, 3.8) is 0 Å². The molecular weight excluding hydrogens is 428 g/mol. The molecule has 5 atom stereocenters. The first-order valence-electron chi connectivity index (χ1n) is 11.5. The third kappa shape index (κ3) is 6.32.